The van der Waals surface area contributed by atoms with E-state index >= 15 is 0 Å². The van der Waals surface area contributed by atoms with Gasteiger partial charge in [0.05, 0.1) is 6.54 Å². The van der Waals surface area contributed by atoms with Crippen LogP contribution in [0.4, 0.5) is 0 Å². The molecule has 90 valence electrons. The topological polar surface area (TPSA) is 49.4 Å². The fourth-order valence-electron chi connectivity index (χ4n) is 2.88. The molecule has 0 radical (unpaired) electrons. The first-order chi connectivity index (χ1) is 7.61. The van der Waals surface area contributed by atoms with Crippen molar-refractivity contribution in [3.63, 3.8) is 0 Å². The van der Waals surface area contributed by atoms with E-state index in [2.05, 4.69) is 5.32 Å². The molecule has 2 amide bonds. The molecule has 1 N–H and O–H groups in total. The SMILES string of the molecule is CC(C)C1C(=O)NCC(=O)N1C1CCCC1. The van der Waals surface area contributed by atoms with Crippen molar-refractivity contribution in [2.24, 2.45) is 5.92 Å². The molecule has 0 aromatic heterocycles. The summed E-state index contributed by atoms with van der Waals surface area (Å²) < 4.78 is 0. The number of nitrogens with one attached hydrogen (secondary N) is 1. The van der Waals surface area contributed by atoms with Crippen molar-refractivity contribution in [3.05, 3.63) is 0 Å². The highest BCUT2D eigenvalue weighted by atomic mass is 16.2. The second-order valence-electron chi connectivity index (χ2n) is 5.15. The predicted molar refractivity (Wildman–Crippen MR) is 60.7 cm³/mol. The van der Waals surface area contributed by atoms with Gasteiger partial charge in [0.25, 0.3) is 0 Å². The van der Waals surface area contributed by atoms with Crippen molar-refractivity contribution in [1.29, 1.82) is 0 Å². The Morgan fingerprint density at radius 3 is 2.44 bits per heavy atom. The number of rotatable bonds is 2. The molecule has 1 unspecified atom stereocenters. The summed E-state index contributed by atoms with van der Waals surface area (Å²) in [7, 11) is 0. The lowest BCUT2D eigenvalue weighted by molar-refractivity contribution is -0.150. The smallest absolute Gasteiger partial charge is 0.243 e. The number of hydrogen-bond donors (Lipinski definition) is 1. The van der Waals surface area contributed by atoms with Crippen LogP contribution in [0.5, 0.6) is 0 Å². The Hall–Kier alpha value is -1.06. The Labute approximate surface area is 96.4 Å². The van der Waals surface area contributed by atoms with Crippen LogP contribution in [0.25, 0.3) is 0 Å². The van der Waals surface area contributed by atoms with Gasteiger partial charge in [-0.2, -0.15) is 0 Å². The zero-order valence-electron chi connectivity index (χ0n) is 10.0. The van der Waals surface area contributed by atoms with E-state index in [4.69, 9.17) is 0 Å². The number of hydrogen-bond acceptors (Lipinski definition) is 2. The van der Waals surface area contributed by atoms with Gasteiger partial charge in [-0.1, -0.05) is 26.7 Å². The van der Waals surface area contributed by atoms with Crippen molar-refractivity contribution in [2.45, 2.75) is 51.6 Å². The molecule has 4 nitrogen and oxygen atoms in total. The van der Waals surface area contributed by atoms with Gasteiger partial charge in [-0.25, -0.2) is 0 Å². The third-order valence-electron chi connectivity index (χ3n) is 3.62. The van der Waals surface area contributed by atoms with Gasteiger partial charge in [-0.15, -0.1) is 0 Å². The third-order valence-corrected chi connectivity index (χ3v) is 3.62. The van der Waals surface area contributed by atoms with E-state index in [1.165, 1.54) is 12.8 Å². The first-order valence-corrected chi connectivity index (χ1v) is 6.20. The van der Waals surface area contributed by atoms with Crippen LogP contribution >= 0.6 is 0 Å². The van der Waals surface area contributed by atoms with Gasteiger partial charge < -0.3 is 10.2 Å². The lowest BCUT2D eigenvalue weighted by atomic mass is 9.97. The standard InChI is InChI=1S/C12H20N2O2/c1-8(2)11-12(16)13-7-10(15)14(11)9-5-3-4-6-9/h8-9,11H,3-7H2,1-2H3,(H,13,16). The molecule has 2 rings (SSSR count). The summed E-state index contributed by atoms with van der Waals surface area (Å²) in [6.45, 7) is 4.19. The third kappa shape index (κ3) is 1.93. The molecule has 1 aliphatic carbocycles. The van der Waals surface area contributed by atoms with E-state index in [0.29, 0.717) is 6.04 Å². The Morgan fingerprint density at radius 1 is 1.25 bits per heavy atom. The zero-order chi connectivity index (χ0) is 11.7. The Bertz CT molecular complexity index is 295. The summed E-state index contributed by atoms with van der Waals surface area (Å²) in [5.74, 6) is 0.288. The zero-order valence-corrected chi connectivity index (χ0v) is 10.0. The van der Waals surface area contributed by atoms with E-state index in [1.807, 2.05) is 18.7 Å². The average molecular weight is 224 g/mol. The van der Waals surface area contributed by atoms with E-state index < -0.39 is 0 Å². The molecule has 2 fully saturated rings. The fourth-order valence-corrected chi connectivity index (χ4v) is 2.88. The number of piperazine rings is 1. The Morgan fingerprint density at radius 2 is 1.88 bits per heavy atom. The second-order valence-corrected chi connectivity index (χ2v) is 5.15. The highest BCUT2D eigenvalue weighted by Gasteiger charge is 2.40. The lowest BCUT2D eigenvalue weighted by Crippen LogP contribution is -2.62. The minimum atomic E-state index is -0.260. The fraction of sp³-hybridized carbons (Fsp3) is 0.833. The van der Waals surface area contributed by atoms with Gasteiger partial charge in [0.2, 0.25) is 11.8 Å². The molecule has 0 bridgehead atoms. The van der Waals surface area contributed by atoms with Gasteiger partial charge in [-0.05, 0) is 18.8 Å². The van der Waals surface area contributed by atoms with Crippen LogP contribution in [-0.2, 0) is 9.59 Å². The van der Waals surface area contributed by atoms with Gasteiger partial charge in [0, 0.05) is 6.04 Å². The maximum Gasteiger partial charge on any atom is 0.243 e. The molecule has 1 heterocycles. The number of amides is 2. The quantitative estimate of drug-likeness (QED) is 0.758. The molecular weight excluding hydrogens is 204 g/mol. The first-order valence-electron chi connectivity index (χ1n) is 6.20. The first kappa shape index (κ1) is 11.4. The minimum Gasteiger partial charge on any atom is -0.345 e. The van der Waals surface area contributed by atoms with Crippen molar-refractivity contribution in [1.82, 2.24) is 10.2 Å². The van der Waals surface area contributed by atoms with Gasteiger partial charge in [0.1, 0.15) is 6.04 Å². The molecule has 0 spiro atoms. The molecule has 0 aromatic rings. The largest absolute Gasteiger partial charge is 0.345 e. The van der Waals surface area contributed by atoms with Crippen molar-refractivity contribution in [3.8, 4) is 0 Å². The minimum absolute atomic E-state index is 0.0153. The summed E-state index contributed by atoms with van der Waals surface area (Å²) in [5.41, 5.74) is 0. The monoisotopic (exact) mass is 224 g/mol. The summed E-state index contributed by atoms with van der Waals surface area (Å²) in [5, 5.41) is 2.69. The van der Waals surface area contributed by atoms with Gasteiger partial charge in [0.15, 0.2) is 0 Å². The summed E-state index contributed by atoms with van der Waals surface area (Å²) >= 11 is 0. The van der Waals surface area contributed by atoms with Crippen molar-refractivity contribution >= 4 is 11.8 Å². The van der Waals surface area contributed by atoms with E-state index in [1.54, 1.807) is 0 Å². The van der Waals surface area contributed by atoms with Crippen LogP contribution in [0.1, 0.15) is 39.5 Å². The highest BCUT2D eigenvalue weighted by molar-refractivity contribution is 5.95. The highest BCUT2D eigenvalue weighted by Crippen LogP contribution is 2.28. The normalized spacial score (nSPS) is 27.7. The Balaban J connectivity index is 2.20. The molecular formula is C12H20N2O2. The summed E-state index contributed by atoms with van der Waals surface area (Å²) in [6.07, 6.45) is 4.48. The number of nitrogens with zero attached hydrogens (tertiary/aromatic N) is 1. The molecule has 1 aliphatic heterocycles. The van der Waals surface area contributed by atoms with Crippen LogP contribution in [0, 0.1) is 5.92 Å². The maximum absolute atomic E-state index is 12.0. The summed E-state index contributed by atoms with van der Waals surface area (Å²) in [4.78, 5) is 25.7. The van der Waals surface area contributed by atoms with E-state index in [0.717, 1.165) is 12.8 Å². The Kier molecular flexibility index (Phi) is 3.17. The second kappa shape index (κ2) is 4.44. The molecule has 4 heteroatoms. The molecule has 1 saturated carbocycles. The van der Waals surface area contributed by atoms with Gasteiger partial charge >= 0.3 is 0 Å². The molecule has 1 saturated heterocycles. The van der Waals surface area contributed by atoms with Crippen molar-refractivity contribution < 1.29 is 9.59 Å². The van der Waals surface area contributed by atoms with Crippen LogP contribution in [0.2, 0.25) is 0 Å². The molecule has 16 heavy (non-hydrogen) atoms. The lowest BCUT2D eigenvalue weighted by Gasteiger charge is -2.41. The van der Waals surface area contributed by atoms with Crippen LogP contribution in [0.15, 0.2) is 0 Å². The molecule has 0 aromatic carbocycles. The average Bonchev–Trinajstić information content (AvgIpc) is 2.73. The van der Waals surface area contributed by atoms with E-state index in [-0.39, 0.29) is 30.3 Å². The van der Waals surface area contributed by atoms with E-state index in [9.17, 15) is 9.59 Å². The molecule has 1 atom stereocenters. The van der Waals surface area contributed by atoms with Crippen molar-refractivity contribution in [2.75, 3.05) is 6.54 Å². The number of carbonyl (C=O) groups is 2. The van der Waals surface area contributed by atoms with Crippen LogP contribution in [0.3, 0.4) is 0 Å². The maximum atomic E-state index is 12.0. The van der Waals surface area contributed by atoms with Crippen LogP contribution < -0.4 is 5.32 Å². The predicted octanol–water partition coefficient (Wildman–Crippen LogP) is 0.912. The molecule has 2 aliphatic rings. The van der Waals surface area contributed by atoms with Crippen LogP contribution in [-0.4, -0.2) is 35.3 Å². The number of carbonyl (C=O) groups excluding carboxylic acids is 2. The summed E-state index contributed by atoms with van der Waals surface area (Å²) in [6, 6.07) is 0.0373. The van der Waals surface area contributed by atoms with Gasteiger partial charge in [-0.3, -0.25) is 9.59 Å².